The van der Waals surface area contributed by atoms with Crippen LogP contribution in [0, 0.1) is 0 Å². The maximum atomic E-state index is 11.2. The molecule has 0 fully saturated rings. The summed E-state index contributed by atoms with van der Waals surface area (Å²) in [4.78, 5) is 4.02. The summed E-state index contributed by atoms with van der Waals surface area (Å²) in [5, 5.41) is 6.11. The number of ether oxygens (including phenoxy) is 1. The van der Waals surface area contributed by atoms with E-state index in [0.717, 1.165) is 13.0 Å². The predicted octanol–water partition coefficient (Wildman–Crippen LogP) is -0.873. The van der Waals surface area contributed by atoms with Crippen molar-refractivity contribution in [3.8, 4) is 0 Å². The van der Waals surface area contributed by atoms with Gasteiger partial charge in [-0.1, -0.05) is 0 Å². The molecule has 108 valence electrons. The third-order valence-electron chi connectivity index (χ3n) is 2.16. The van der Waals surface area contributed by atoms with E-state index < -0.39 is 10.0 Å². The molecule has 0 aromatic carbocycles. The van der Waals surface area contributed by atoms with E-state index in [-0.39, 0.29) is 5.75 Å². The van der Waals surface area contributed by atoms with Crippen molar-refractivity contribution in [3.63, 3.8) is 0 Å². The van der Waals surface area contributed by atoms with Gasteiger partial charge in [-0.25, -0.2) is 13.1 Å². The van der Waals surface area contributed by atoms with E-state index in [2.05, 4.69) is 20.3 Å². The highest BCUT2D eigenvalue weighted by molar-refractivity contribution is 7.89. The highest BCUT2D eigenvalue weighted by atomic mass is 32.2. The fraction of sp³-hybridized carbons (Fsp3) is 0.900. The van der Waals surface area contributed by atoms with Crippen LogP contribution in [0.25, 0.3) is 0 Å². The summed E-state index contributed by atoms with van der Waals surface area (Å²) in [6.45, 7) is 3.89. The average molecular weight is 280 g/mol. The number of hydrogen-bond acceptors (Lipinski definition) is 4. The number of rotatable bonds is 9. The SMILES string of the molecule is CCS(=O)(=O)NCCNC(=NC)NCCCOC. The number of methoxy groups -OCH3 is 1. The number of aliphatic imine (C=N–C) groups is 1. The molecular formula is C10H24N4O3S. The first-order valence-corrected chi connectivity index (χ1v) is 7.61. The van der Waals surface area contributed by atoms with E-state index in [4.69, 9.17) is 4.74 Å². The Balaban J connectivity index is 3.69. The van der Waals surface area contributed by atoms with Crippen LogP contribution in [0.2, 0.25) is 0 Å². The van der Waals surface area contributed by atoms with Gasteiger partial charge in [0.15, 0.2) is 5.96 Å². The summed E-state index contributed by atoms with van der Waals surface area (Å²) in [7, 11) is 0.213. The summed E-state index contributed by atoms with van der Waals surface area (Å²) in [5.74, 6) is 0.749. The highest BCUT2D eigenvalue weighted by Gasteiger charge is 2.04. The lowest BCUT2D eigenvalue weighted by atomic mass is 10.4. The molecule has 0 saturated carbocycles. The van der Waals surface area contributed by atoms with Crippen LogP contribution in [0.1, 0.15) is 13.3 Å². The first-order valence-electron chi connectivity index (χ1n) is 5.96. The van der Waals surface area contributed by atoms with Crippen LogP contribution in [0.3, 0.4) is 0 Å². The Morgan fingerprint density at radius 2 is 1.89 bits per heavy atom. The standard InChI is InChI=1S/C10H24N4O3S/c1-4-18(15,16)14-8-7-13-10(11-2)12-6-5-9-17-3/h14H,4-9H2,1-3H3,(H2,11,12,13). The van der Waals surface area contributed by atoms with Crippen LogP contribution in [-0.4, -0.2) is 60.5 Å². The van der Waals surface area contributed by atoms with E-state index in [1.807, 2.05) is 0 Å². The molecule has 0 aliphatic heterocycles. The van der Waals surface area contributed by atoms with Gasteiger partial charge in [-0.15, -0.1) is 0 Å². The summed E-state index contributed by atoms with van der Waals surface area (Å²) in [5.41, 5.74) is 0. The zero-order valence-electron chi connectivity index (χ0n) is 11.3. The van der Waals surface area contributed by atoms with Crippen LogP contribution < -0.4 is 15.4 Å². The van der Waals surface area contributed by atoms with E-state index in [1.54, 1.807) is 21.1 Å². The van der Waals surface area contributed by atoms with Gasteiger partial charge in [0.2, 0.25) is 10.0 Å². The molecule has 0 radical (unpaired) electrons. The summed E-state index contributed by atoms with van der Waals surface area (Å²) < 4.78 is 29.7. The Bertz CT molecular complexity index is 330. The van der Waals surface area contributed by atoms with E-state index >= 15 is 0 Å². The van der Waals surface area contributed by atoms with E-state index in [9.17, 15) is 8.42 Å². The number of sulfonamides is 1. The number of nitrogens with one attached hydrogen (secondary N) is 3. The van der Waals surface area contributed by atoms with E-state index in [0.29, 0.717) is 25.7 Å². The minimum atomic E-state index is -3.12. The topological polar surface area (TPSA) is 91.8 Å². The van der Waals surface area contributed by atoms with Gasteiger partial charge >= 0.3 is 0 Å². The maximum Gasteiger partial charge on any atom is 0.211 e. The lowest BCUT2D eigenvalue weighted by Gasteiger charge is -2.11. The fourth-order valence-corrected chi connectivity index (χ4v) is 1.75. The molecule has 0 amide bonds. The number of guanidine groups is 1. The Labute approximate surface area is 109 Å². The van der Waals surface area contributed by atoms with Gasteiger partial charge in [0.05, 0.1) is 5.75 Å². The zero-order chi connectivity index (χ0) is 13.9. The molecule has 7 nitrogen and oxygen atoms in total. The third kappa shape index (κ3) is 9.20. The van der Waals surface area contributed by atoms with Gasteiger partial charge in [-0.3, -0.25) is 4.99 Å². The molecule has 0 spiro atoms. The largest absolute Gasteiger partial charge is 0.385 e. The molecule has 18 heavy (non-hydrogen) atoms. The maximum absolute atomic E-state index is 11.2. The van der Waals surface area contributed by atoms with Crippen molar-refractivity contribution < 1.29 is 13.2 Å². The van der Waals surface area contributed by atoms with Crippen molar-refractivity contribution in [2.24, 2.45) is 4.99 Å². The van der Waals surface area contributed by atoms with Gasteiger partial charge in [0.25, 0.3) is 0 Å². The van der Waals surface area contributed by atoms with Crippen molar-refractivity contribution in [1.29, 1.82) is 0 Å². The molecular weight excluding hydrogens is 256 g/mol. The molecule has 8 heteroatoms. The molecule has 0 atom stereocenters. The van der Waals surface area contributed by atoms with Gasteiger partial charge < -0.3 is 15.4 Å². The molecule has 0 aromatic heterocycles. The Kier molecular flexibility index (Phi) is 9.62. The molecule has 0 bridgehead atoms. The minimum absolute atomic E-state index is 0.0942. The van der Waals surface area contributed by atoms with Gasteiger partial charge in [-0.2, -0.15) is 0 Å². The van der Waals surface area contributed by atoms with Crippen molar-refractivity contribution >= 4 is 16.0 Å². The molecule has 0 unspecified atom stereocenters. The normalized spacial score (nSPS) is 12.5. The van der Waals surface area contributed by atoms with Crippen molar-refractivity contribution in [2.75, 3.05) is 46.2 Å². The van der Waals surface area contributed by atoms with Crippen LogP contribution in [0.15, 0.2) is 4.99 Å². The monoisotopic (exact) mass is 280 g/mol. The highest BCUT2D eigenvalue weighted by Crippen LogP contribution is 1.80. The molecule has 0 rings (SSSR count). The van der Waals surface area contributed by atoms with Crippen molar-refractivity contribution in [3.05, 3.63) is 0 Å². The van der Waals surface area contributed by atoms with Crippen molar-refractivity contribution in [2.45, 2.75) is 13.3 Å². The van der Waals surface area contributed by atoms with Crippen LogP contribution in [0.5, 0.6) is 0 Å². The quantitative estimate of drug-likeness (QED) is 0.290. The summed E-state index contributed by atoms with van der Waals surface area (Å²) in [6.07, 6.45) is 0.889. The second kappa shape index (κ2) is 10.1. The van der Waals surface area contributed by atoms with Crippen LogP contribution in [0.4, 0.5) is 0 Å². The molecule has 0 aromatic rings. The predicted molar refractivity (Wildman–Crippen MR) is 73.3 cm³/mol. The molecule has 0 aliphatic carbocycles. The van der Waals surface area contributed by atoms with Crippen molar-refractivity contribution in [1.82, 2.24) is 15.4 Å². The Morgan fingerprint density at radius 1 is 1.22 bits per heavy atom. The van der Waals surface area contributed by atoms with E-state index in [1.165, 1.54) is 0 Å². The van der Waals surface area contributed by atoms with Gasteiger partial charge in [0, 0.05) is 40.4 Å². The first-order chi connectivity index (χ1) is 8.55. The molecule has 3 N–H and O–H groups in total. The Morgan fingerprint density at radius 3 is 2.44 bits per heavy atom. The lowest BCUT2D eigenvalue weighted by Crippen LogP contribution is -2.42. The smallest absolute Gasteiger partial charge is 0.211 e. The molecule has 0 aliphatic rings. The van der Waals surface area contributed by atoms with Gasteiger partial charge in [0.1, 0.15) is 0 Å². The number of nitrogens with zero attached hydrogens (tertiary/aromatic N) is 1. The first kappa shape index (κ1) is 17.1. The average Bonchev–Trinajstić information content (AvgIpc) is 2.37. The Hall–Kier alpha value is -0.860. The zero-order valence-corrected chi connectivity index (χ0v) is 12.1. The van der Waals surface area contributed by atoms with Crippen LogP contribution in [-0.2, 0) is 14.8 Å². The summed E-state index contributed by atoms with van der Waals surface area (Å²) >= 11 is 0. The second-order valence-corrected chi connectivity index (χ2v) is 5.67. The third-order valence-corrected chi connectivity index (χ3v) is 3.56. The minimum Gasteiger partial charge on any atom is -0.385 e. The summed E-state index contributed by atoms with van der Waals surface area (Å²) in [6, 6.07) is 0. The fourth-order valence-electron chi connectivity index (χ4n) is 1.13. The lowest BCUT2D eigenvalue weighted by molar-refractivity contribution is 0.195. The molecule has 0 heterocycles. The molecule has 0 saturated heterocycles. The van der Waals surface area contributed by atoms with Gasteiger partial charge in [-0.05, 0) is 13.3 Å². The second-order valence-electron chi connectivity index (χ2n) is 3.57. The number of hydrogen-bond donors (Lipinski definition) is 3. The van der Waals surface area contributed by atoms with Crippen LogP contribution >= 0.6 is 0 Å².